The number of amides is 3. The van der Waals surface area contributed by atoms with E-state index >= 15 is 0 Å². The largest absolute Gasteiger partial charge is 0.467 e. The zero-order chi connectivity index (χ0) is 21.2. The molecule has 0 saturated carbocycles. The zero-order valence-corrected chi connectivity index (χ0v) is 14.6. The third kappa shape index (κ3) is 4.62. The van der Waals surface area contributed by atoms with Gasteiger partial charge in [0.1, 0.15) is 12.3 Å². The number of hydrogen-bond donors (Lipinski definition) is 1. The maximum absolute atomic E-state index is 12.5. The number of benzene rings is 1. The van der Waals surface area contributed by atoms with Gasteiger partial charge >= 0.3 is 12.1 Å². The highest BCUT2D eigenvalue weighted by Gasteiger charge is 2.36. The number of rotatable bonds is 6. The van der Waals surface area contributed by atoms with Crippen LogP contribution >= 0.6 is 0 Å². The second-order valence-electron chi connectivity index (χ2n) is 6.00. The fourth-order valence-electron chi connectivity index (χ4n) is 2.58. The number of fused-ring (bicyclic) bond motifs is 1. The Morgan fingerprint density at radius 3 is 2.48 bits per heavy atom. The van der Waals surface area contributed by atoms with Crippen molar-refractivity contribution in [2.45, 2.75) is 12.7 Å². The third-order valence-electron chi connectivity index (χ3n) is 3.92. The Kier molecular flexibility index (Phi) is 5.39. The van der Waals surface area contributed by atoms with Crippen LogP contribution in [0.2, 0.25) is 0 Å². The fourth-order valence-corrected chi connectivity index (χ4v) is 2.58. The lowest BCUT2D eigenvalue weighted by molar-refractivity contribution is -0.140. The third-order valence-corrected chi connectivity index (χ3v) is 3.92. The van der Waals surface area contributed by atoms with E-state index in [9.17, 15) is 32.3 Å². The molecule has 0 saturated heterocycles. The predicted molar refractivity (Wildman–Crippen MR) is 88.7 cm³/mol. The van der Waals surface area contributed by atoms with Gasteiger partial charge < -0.3 is 14.5 Å². The van der Waals surface area contributed by atoms with E-state index in [0.717, 1.165) is 11.0 Å². The molecule has 11 heteroatoms. The van der Waals surface area contributed by atoms with Crippen molar-refractivity contribution in [1.29, 1.82) is 0 Å². The lowest BCUT2D eigenvalue weighted by atomic mass is 10.1. The molecule has 2 heterocycles. The van der Waals surface area contributed by atoms with Gasteiger partial charge in [-0.25, -0.2) is 4.79 Å². The monoisotopic (exact) mass is 410 g/mol. The lowest BCUT2D eigenvalue weighted by Gasteiger charge is -2.11. The maximum atomic E-state index is 12.5. The van der Waals surface area contributed by atoms with Crippen molar-refractivity contribution in [2.24, 2.45) is 0 Å². The summed E-state index contributed by atoms with van der Waals surface area (Å²) in [6.07, 6.45) is -3.19. The summed E-state index contributed by atoms with van der Waals surface area (Å²) in [5, 5.41) is 1.56. The molecule has 0 radical (unpaired) electrons. The normalized spacial score (nSPS) is 13.4. The standard InChI is InChI=1S/C18H13F3N2O6/c19-18(20,21)9-22-14(24)8-29-17(27)10-3-4-12-13(6-10)16(26)23(15(12)25)7-11-2-1-5-28-11/h1-6H,7-9H2,(H,22,24). The average molecular weight is 410 g/mol. The van der Waals surface area contributed by atoms with Gasteiger partial charge in [-0.3, -0.25) is 19.3 Å². The second-order valence-corrected chi connectivity index (χ2v) is 6.00. The molecule has 3 rings (SSSR count). The van der Waals surface area contributed by atoms with E-state index in [-0.39, 0.29) is 23.2 Å². The number of nitrogens with zero attached hydrogens (tertiary/aromatic N) is 1. The van der Waals surface area contributed by atoms with E-state index in [1.807, 2.05) is 0 Å². The number of imide groups is 1. The molecule has 1 aromatic carbocycles. The van der Waals surface area contributed by atoms with E-state index in [1.54, 1.807) is 17.4 Å². The Hall–Kier alpha value is -3.63. The van der Waals surface area contributed by atoms with Crippen molar-refractivity contribution in [3.05, 3.63) is 59.0 Å². The maximum Gasteiger partial charge on any atom is 0.405 e. The Balaban J connectivity index is 1.64. The first-order valence-corrected chi connectivity index (χ1v) is 8.19. The molecule has 8 nitrogen and oxygen atoms in total. The molecule has 1 aliphatic rings. The van der Waals surface area contributed by atoms with Crippen LogP contribution in [0.1, 0.15) is 36.8 Å². The number of carbonyl (C=O) groups is 4. The van der Waals surface area contributed by atoms with Crippen LogP contribution in [0.5, 0.6) is 0 Å². The highest BCUT2D eigenvalue weighted by atomic mass is 19.4. The van der Waals surface area contributed by atoms with Crippen molar-refractivity contribution in [3.8, 4) is 0 Å². The van der Waals surface area contributed by atoms with Crippen LogP contribution in [0.25, 0.3) is 0 Å². The van der Waals surface area contributed by atoms with Gasteiger partial charge in [-0.05, 0) is 30.3 Å². The van der Waals surface area contributed by atoms with Crippen molar-refractivity contribution < 1.29 is 41.5 Å². The quantitative estimate of drug-likeness (QED) is 0.576. The number of ether oxygens (including phenoxy) is 1. The molecule has 0 unspecified atom stereocenters. The van der Waals surface area contributed by atoms with E-state index in [4.69, 9.17) is 4.42 Å². The minimum Gasteiger partial charge on any atom is -0.467 e. The summed E-state index contributed by atoms with van der Waals surface area (Å²) < 4.78 is 45.9. The summed E-state index contributed by atoms with van der Waals surface area (Å²) in [7, 11) is 0. The Morgan fingerprint density at radius 2 is 1.83 bits per heavy atom. The Labute approximate surface area is 161 Å². The molecule has 152 valence electrons. The van der Waals surface area contributed by atoms with E-state index < -0.39 is 43.0 Å². The molecule has 29 heavy (non-hydrogen) atoms. The summed E-state index contributed by atoms with van der Waals surface area (Å²) >= 11 is 0. The number of carbonyl (C=O) groups excluding carboxylic acids is 4. The van der Waals surface area contributed by atoms with Gasteiger partial charge in [0.15, 0.2) is 6.61 Å². The molecule has 0 aliphatic carbocycles. The summed E-state index contributed by atoms with van der Waals surface area (Å²) in [6, 6.07) is 6.81. The Bertz CT molecular complexity index is 968. The molecule has 0 bridgehead atoms. The van der Waals surface area contributed by atoms with Gasteiger partial charge in [0.05, 0.1) is 29.5 Å². The van der Waals surface area contributed by atoms with Crippen LogP contribution in [0, 0.1) is 0 Å². The molecule has 2 aromatic rings. The van der Waals surface area contributed by atoms with Crippen LogP contribution in [-0.2, 0) is 16.1 Å². The van der Waals surface area contributed by atoms with Crippen LogP contribution < -0.4 is 5.32 Å². The molecule has 1 N–H and O–H groups in total. The molecule has 0 fully saturated rings. The van der Waals surface area contributed by atoms with Crippen LogP contribution in [-0.4, -0.2) is 47.9 Å². The van der Waals surface area contributed by atoms with E-state index in [0.29, 0.717) is 5.76 Å². The first-order chi connectivity index (χ1) is 13.7. The van der Waals surface area contributed by atoms with E-state index in [1.165, 1.54) is 18.4 Å². The zero-order valence-electron chi connectivity index (χ0n) is 14.6. The first-order valence-electron chi connectivity index (χ1n) is 8.19. The molecule has 1 aliphatic heterocycles. The summed E-state index contributed by atoms with van der Waals surface area (Å²) in [4.78, 5) is 49.2. The topological polar surface area (TPSA) is 106 Å². The number of nitrogens with one attached hydrogen (secondary N) is 1. The fraction of sp³-hybridized carbons (Fsp3) is 0.222. The van der Waals surface area contributed by atoms with Crippen LogP contribution in [0.15, 0.2) is 41.0 Å². The van der Waals surface area contributed by atoms with Crippen LogP contribution in [0.3, 0.4) is 0 Å². The average Bonchev–Trinajstić information content (AvgIpc) is 3.27. The van der Waals surface area contributed by atoms with Gasteiger partial charge in [-0.2, -0.15) is 13.2 Å². The minimum atomic E-state index is -4.59. The number of esters is 1. The number of furan rings is 1. The predicted octanol–water partition coefficient (Wildman–Crippen LogP) is 1.91. The Morgan fingerprint density at radius 1 is 1.10 bits per heavy atom. The highest BCUT2D eigenvalue weighted by molar-refractivity contribution is 6.21. The van der Waals surface area contributed by atoms with Gasteiger partial charge in [-0.15, -0.1) is 0 Å². The van der Waals surface area contributed by atoms with Crippen molar-refractivity contribution in [2.75, 3.05) is 13.2 Å². The first kappa shape index (κ1) is 20.1. The van der Waals surface area contributed by atoms with E-state index in [2.05, 4.69) is 4.74 Å². The molecule has 0 atom stereocenters. The van der Waals surface area contributed by atoms with Gasteiger partial charge in [0, 0.05) is 0 Å². The second kappa shape index (κ2) is 7.78. The van der Waals surface area contributed by atoms with Crippen molar-refractivity contribution >= 4 is 23.7 Å². The van der Waals surface area contributed by atoms with Gasteiger partial charge in [0.2, 0.25) is 0 Å². The highest BCUT2D eigenvalue weighted by Crippen LogP contribution is 2.26. The molecular weight excluding hydrogens is 397 g/mol. The minimum absolute atomic E-state index is 0.0301. The number of alkyl halides is 3. The van der Waals surface area contributed by atoms with Gasteiger partial charge in [0.25, 0.3) is 17.7 Å². The lowest BCUT2D eigenvalue weighted by Crippen LogP contribution is -2.36. The smallest absolute Gasteiger partial charge is 0.405 e. The van der Waals surface area contributed by atoms with Gasteiger partial charge in [-0.1, -0.05) is 0 Å². The summed E-state index contributed by atoms with van der Waals surface area (Å²) in [6.45, 7) is -2.56. The number of halogens is 3. The molecule has 1 aromatic heterocycles. The number of hydrogen-bond acceptors (Lipinski definition) is 6. The summed E-state index contributed by atoms with van der Waals surface area (Å²) in [5.41, 5.74) is -0.0769. The molecule has 3 amide bonds. The molecular formula is C18H13F3N2O6. The SMILES string of the molecule is O=C(COC(=O)c1ccc2c(c1)C(=O)N(Cc1ccco1)C2=O)NCC(F)(F)F. The summed E-state index contributed by atoms with van der Waals surface area (Å²) in [5.74, 6) is -2.97. The molecule has 0 spiro atoms. The van der Waals surface area contributed by atoms with Crippen molar-refractivity contribution in [3.63, 3.8) is 0 Å². The van der Waals surface area contributed by atoms with Crippen LogP contribution in [0.4, 0.5) is 13.2 Å². The van der Waals surface area contributed by atoms with Crippen molar-refractivity contribution in [1.82, 2.24) is 10.2 Å².